The lowest BCUT2D eigenvalue weighted by Gasteiger charge is -2.04. The van der Waals surface area contributed by atoms with Gasteiger partial charge in [0.1, 0.15) is 0 Å². The Bertz CT molecular complexity index is 463. The lowest BCUT2D eigenvalue weighted by molar-refractivity contribution is 1.09. The summed E-state index contributed by atoms with van der Waals surface area (Å²) in [6, 6.07) is 8.51. The zero-order valence-electron chi connectivity index (χ0n) is 10.1. The summed E-state index contributed by atoms with van der Waals surface area (Å²) in [7, 11) is 0. The van der Waals surface area contributed by atoms with Crippen molar-refractivity contribution >= 4 is 28.8 Å². The van der Waals surface area contributed by atoms with Gasteiger partial charge in [-0.25, -0.2) is 4.98 Å². The molecule has 90 valence electrons. The van der Waals surface area contributed by atoms with E-state index in [0.717, 1.165) is 18.7 Å². The Labute approximate surface area is 110 Å². The van der Waals surface area contributed by atoms with Gasteiger partial charge in [0, 0.05) is 21.7 Å². The Kier molecular flexibility index (Phi) is 4.45. The van der Waals surface area contributed by atoms with E-state index >= 15 is 0 Å². The highest BCUT2D eigenvalue weighted by molar-refractivity contribution is 7.98. The van der Waals surface area contributed by atoms with E-state index in [9.17, 15) is 0 Å². The largest absolute Gasteiger partial charge is 0.380 e. The molecule has 0 saturated carbocycles. The Hall–Kier alpha value is -1.00. The Morgan fingerprint density at radius 1 is 1.29 bits per heavy atom. The van der Waals surface area contributed by atoms with E-state index in [1.165, 1.54) is 14.8 Å². The van der Waals surface area contributed by atoms with Gasteiger partial charge in [-0.1, -0.05) is 6.92 Å². The lowest BCUT2D eigenvalue weighted by atomic mass is 10.3. The molecule has 0 aliphatic carbocycles. The van der Waals surface area contributed by atoms with Crippen LogP contribution in [0.2, 0.25) is 0 Å². The summed E-state index contributed by atoms with van der Waals surface area (Å²) in [6.45, 7) is 2.99. The van der Waals surface area contributed by atoms with Crippen molar-refractivity contribution in [1.29, 1.82) is 0 Å². The van der Waals surface area contributed by atoms with Crippen LogP contribution in [0, 0.1) is 0 Å². The molecule has 1 heterocycles. The summed E-state index contributed by atoms with van der Waals surface area (Å²) < 4.78 is 0. The maximum Gasteiger partial charge on any atom is 0.0925 e. The minimum atomic E-state index is 0.857. The third-order valence-corrected chi connectivity index (χ3v) is 4.35. The summed E-state index contributed by atoms with van der Waals surface area (Å²) >= 11 is 3.54. The van der Waals surface area contributed by atoms with Crippen LogP contribution in [-0.2, 0) is 13.0 Å². The van der Waals surface area contributed by atoms with Crippen LogP contribution in [0.1, 0.15) is 16.8 Å². The van der Waals surface area contributed by atoms with E-state index in [4.69, 9.17) is 0 Å². The van der Waals surface area contributed by atoms with Crippen LogP contribution in [0.4, 0.5) is 5.69 Å². The molecule has 1 N–H and O–H groups in total. The highest BCUT2D eigenvalue weighted by Crippen LogP contribution is 2.19. The fraction of sp³-hybridized carbons (Fsp3) is 0.308. The molecule has 0 unspecified atom stereocenters. The van der Waals surface area contributed by atoms with Crippen molar-refractivity contribution in [3.05, 3.63) is 40.3 Å². The Balaban J connectivity index is 1.92. The fourth-order valence-corrected chi connectivity index (χ4v) is 2.70. The third-order valence-electron chi connectivity index (χ3n) is 2.46. The number of benzene rings is 1. The van der Waals surface area contributed by atoms with E-state index in [1.807, 2.05) is 6.20 Å². The molecule has 0 bridgehead atoms. The number of hydrogen-bond donors (Lipinski definition) is 1. The molecule has 0 radical (unpaired) electrons. The maximum atomic E-state index is 4.35. The molecule has 17 heavy (non-hydrogen) atoms. The highest BCUT2D eigenvalue weighted by Gasteiger charge is 2.00. The van der Waals surface area contributed by atoms with E-state index in [0.29, 0.717) is 0 Å². The number of anilines is 1. The van der Waals surface area contributed by atoms with Crippen molar-refractivity contribution in [1.82, 2.24) is 4.98 Å². The molecule has 0 aliphatic heterocycles. The second-order valence-electron chi connectivity index (χ2n) is 3.66. The summed E-state index contributed by atoms with van der Waals surface area (Å²) in [5, 5.41) is 4.62. The second kappa shape index (κ2) is 6.07. The molecule has 2 rings (SSSR count). The van der Waals surface area contributed by atoms with Crippen molar-refractivity contribution in [2.24, 2.45) is 0 Å². The number of thioether (sulfide) groups is 1. The van der Waals surface area contributed by atoms with Gasteiger partial charge in [0.2, 0.25) is 0 Å². The molecule has 0 amide bonds. The predicted octanol–water partition coefficient (Wildman–Crippen LogP) is 4.04. The molecule has 1 aromatic carbocycles. The van der Waals surface area contributed by atoms with Gasteiger partial charge in [-0.15, -0.1) is 23.1 Å². The number of nitrogens with one attached hydrogen (secondary N) is 1. The van der Waals surface area contributed by atoms with Crippen LogP contribution in [0.3, 0.4) is 0 Å². The van der Waals surface area contributed by atoms with Crippen molar-refractivity contribution in [3.8, 4) is 0 Å². The molecule has 0 atom stereocenters. The first kappa shape index (κ1) is 12.5. The zero-order chi connectivity index (χ0) is 12.1. The standard InChI is InChI=1S/C13H16N2S2/c1-3-13-15-9-12(17-13)8-14-10-4-6-11(16-2)7-5-10/h4-7,9,14H,3,8H2,1-2H3. The first-order valence-electron chi connectivity index (χ1n) is 5.63. The summed E-state index contributed by atoms with van der Waals surface area (Å²) in [5.41, 5.74) is 1.16. The van der Waals surface area contributed by atoms with Gasteiger partial charge in [-0.2, -0.15) is 0 Å². The van der Waals surface area contributed by atoms with Gasteiger partial charge in [-0.05, 0) is 36.9 Å². The minimum Gasteiger partial charge on any atom is -0.380 e. The van der Waals surface area contributed by atoms with E-state index in [-0.39, 0.29) is 0 Å². The molecule has 1 aromatic heterocycles. The summed E-state index contributed by atoms with van der Waals surface area (Å²) in [4.78, 5) is 6.93. The molecule has 4 heteroatoms. The first-order chi connectivity index (χ1) is 8.31. The van der Waals surface area contributed by atoms with Crippen LogP contribution in [-0.4, -0.2) is 11.2 Å². The Morgan fingerprint density at radius 3 is 2.65 bits per heavy atom. The van der Waals surface area contributed by atoms with E-state index < -0.39 is 0 Å². The van der Waals surface area contributed by atoms with Gasteiger partial charge in [0.15, 0.2) is 0 Å². The molecule has 0 aliphatic rings. The van der Waals surface area contributed by atoms with Crippen LogP contribution in [0.15, 0.2) is 35.4 Å². The van der Waals surface area contributed by atoms with E-state index in [2.05, 4.69) is 47.7 Å². The summed E-state index contributed by atoms with van der Waals surface area (Å²) in [6.07, 6.45) is 5.08. The van der Waals surface area contributed by atoms with Crippen LogP contribution in [0.5, 0.6) is 0 Å². The third kappa shape index (κ3) is 3.48. The van der Waals surface area contributed by atoms with Gasteiger partial charge >= 0.3 is 0 Å². The van der Waals surface area contributed by atoms with Crippen LogP contribution >= 0.6 is 23.1 Å². The summed E-state index contributed by atoms with van der Waals surface area (Å²) in [5.74, 6) is 0. The minimum absolute atomic E-state index is 0.857. The molecule has 2 nitrogen and oxygen atoms in total. The van der Waals surface area contributed by atoms with Crippen molar-refractivity contribution in [2.75, 3.05) is 11.6 Å². The number of nitrogens with zero attached hydrogens (tertiary/aromatic N) is 1. The first-order valence-corrected chi connectivity index (χ1v) is 7.67. The maximum absolute atomic E-state index is 4.35. The zero-order valence-corrected chi connectivity index (χ0v) is 11.7. The van der Waals surface area contributed by atoms with Crippen molar-refractivity contribution in [3.63, 3.8) is 0 Å². The number of hydrogen-bond acceptors (Lipinski definition) is 4. The molecule has 2 aromatic rings. The van der Waals surface area contributed by atoms with Gasteiger partial charge in [-0.3, -0.25) is 0 Å². The fourth-order valence-electron chi connectivity index (χ4n) is 1.49. The molecular formula is C13H16N2S2. The normalized spacial score (nSPS) is 10.5. The number of rotatable bonds is 5. The van der Waals surface area contributed by atoms with Gasteiger partial charge < -0.3 is 5.32 Å². The quantitative estimate of drug-likeness (QED) is 0.825. The molecule has 0 saturated heterocycles. The predicted molar refractivity (Wildman–Crippen MR) is 77.0 cm³/mol. The number of thiazole rings is 1. The number of aryl methyl sites for hydroxylation is 1. The van der Waals surface area contributed by atoms with Crippen molar-refractivity contribution in [2.45, 2.75) is 24.8 Å². The van der Waals surface area contributed by atoms with Crippen molar-refractivity contribution < 1.29 is 0 Å². The van der Waals surface area contributed by atoms with Crippen LogP contribution < -0.4 is 5.32 Å². The highest BCUT2D eigenvalue weighted by atomic mass is 32.2. The van der Waals surface area contributed by atoms with Crippen LogP contribution in [0.25, 0.3) is 0 Å². The lowest BCUT2D eigenvalue weighted by Crippen LogP contribution is -1.96. The SMILES string of the molecule is CCc1ncc(CNc2ccc(SC)cc2)s1. The monoisotopic (exact) mass is 264 g/mol. The van der Waals surface area contributed by atoms with E-state index in [1.54, 1.807) is 23.1 Å². The van der Waals surface area contributed by atoms with Gasteiger partial charge in [0.25, 0.3) is 0 Å². The average Bonchev–Trinajstić information content (AvgIpc) is 2.85. The smallest absolute Gasteiger partial charge is 0.0925 e. The average molecular weight is 264 g/mol. The number of aromatic nitrogens is 1. The molecule has 0 fully saturated rings. The van der Waals surface area contributed by atoms with Gasteiger partial charge in [0.05, 0.1) is 11.6 Å². The molecular weight excluding hydrogens is 248 g/mol. The topological polar surface area (TPSA) is 24.9 Å². The molecule has 0 spiro atoms. The second-order valence-corrected chi connectivity index (χ2v) is 5.74. The Morgan fingerprint density at radius 2 is 2.06 bits per heavy atom.